The predicted molar refractivity (Wildman–Crippen MR) is 94.0 cm³/mol. The van der Waals surface area contributed by atoms with Gasteiger partial charge in [0, 0.05) is 49.0 Å². The average Bonchev–Trinajstić information content (AvgIpc) is 2.55. The van der Waals surface area contributed by atoms with E-state index in [1.807, 2.05) is 18.2 Å². The summed E-state index contributed by atoms with van der Waals surface area (Å²) in [6.45, 7) is 3.74. The molecule has 128 valence electrons. The Bertz CT molecular complexity index is 505. The van der Waals surface area contributed by atoms with E-state index in [1.54, 1.807) is 7.11 Å². The summed E-state index contributed by atoms with van der Waals surface area (Å²) in [4.78, 5) is 14.5. The molecule has 1 saturated heterocycles. The van der Waals surface area contributed by atoms with Gasteiger partial charge in [0.05, 0.1) is 5.92 Å². The molecular weight excluding hydrogens is 335 g/mol. The SMILES string of the molecule is COCCCNC(=O)[C@H]1CCCN(Cc2c(Cl)cccc2Cl)C1. The van der Waals surface area contributed by atoms with Crippen molar-refractivity contribution in [3.63, 3.8) is 0 Å². The number of likely N-dealkylation sites (tertiary alicyclic amines) is 1. The minimum Gasteiger partial charge on any atom is -0.385 e. The van der Waals surface area contributed by atoms with Crippen LogP contribution in [0, 0.1) is 5.92 Å². The molecule has 1 N–H and O–H groups in total. The number of carbonyl (C=O) groups excluding carboxylic acids is 1. The lowest BCUT2D eigenvalue weighted by atomic mass is 9.96. The first-order valence-electron chi connectivity index (χ1n) is 8.03. The second kappa shape index (κ2) is 9.48. The van der Waals surface area contributed by atoms with Gasteiger partial charge >= 0.3 is 0 Å². The quantitative estimate of drug-likeness (QED) is 0.759. The van der Waals surface area contributed by atoms with Gasteiger partial charge in [-0.25, -0.2) is 0 Å². The molecule has 0 bridgehead atoms. The molecule has 1 atom stereocenters. The zero-order valence-electron chi connectivity index (χ0n) is 13.5. The van der Waals surface area contributed by atoms with E-state index in [9.17, 15) is 4.79 Å². The monoisotopic (exact) mass is 358 g/mol. The minimum absolute atomic E-state index is 0.0348. The van der Waals surface area contributed by atoms with Gasteiger partial charge in [-0.05, 0) is 37.9 Å². The molecule has 6 heteroatoms. The third-order valence-corrected chi connectivity index (χ3v) is 4.85. The molecule has 0 unspecified atom stereocenters. The molecule has 0 spiro atoms. The summed E-state index contributed by atoms with van der Waals surface area (Å²) in [5, 5.41) is 4.36. The maximum atomic E-state index is 12.3. The Kier molecular flexibility index (Phi) is 7.63. The van der Waals surface area contributed by atoms with Gasteiger partial charge in [-0.15, -0.1) is 0 Å². The van der Waals surface area contributed by atoms with Crippen LogP contribution in [-0.4, -0.2) is 44.2 Å². The highest BCUT2D eigenvalue weighted by Crippen LogP contribution is 2.27. The summed E-state index contributed by atoms with van der Waals surface area (Å²) in [5.41, 5.74) is 0.942. The number of hydrogen-bond acceptors (Lipinski definition) is 3. The minimum atomic E-state index is 0.0348. The first-order chi connectivity index (χ1) is 11.1. The molecule has 1 aliphatic rings. The molecule has 4 nitrogen and oxygen atoms in total. The van der Waals surface area contributed by atoms with Gasteiger partial charge in [0.2, 0.25) is 5.91 Å². The molecule has 1 amide bonds. The molecule has 0 aromatic heterocycles. The highest BCUT2D eigenvalue weighted by molar-refractivity contribution is 6.35. The number of piperidine rings is 1. The number of benzene rings is 1. The van der Waals surface area contributed by atoms with Crippen molar-refractivity contribution in [2.24, 2.45) is 5.92 Å². The largest absolute Gasteiger partial charge is 0.385 e. The number of ether oxygens (including phenoxy) is 1. The van der Waals surface area contributed by atoms with E-state index in [-0.39, 0.29) is 11.8 Å². The summed E-state index contributed by atoms with van der Waals surface area (Å²) in [6, 6.07) is 5.56. The first kappa shape index (κ1) is 18.5. The third kappa shape index (κ3) is 5.64. The van der Waals surface area contributed by atoms with Gasteiger partial charge < -0.3 is 10.1 Å². The van der Waals surface area contributed by atoms with E-state index in [4.69, 9.17) is 27.9 Å². The summed E-state index contributed by atoms with van der Waals surface area (Å²) in [5.74, 6) is 0.170. The number of nitrogens with zero attached hydrogens (tertiary/aromatic N) is 1. The number of methoxy groups -OCH3 is 1. The first-order valence-corrected chi connectivity index (χ1v) is 8.79. The summed E-state index contributed by atoms with van der Waals surface area (Å²) in [7, 11) is 1.67. The fourth-order valence-electron chi connectivity index (χ4n) is 2.89. The molecule has 0 aliphatic carbocycles. The lowest BCUT2D eigenvalue weighted by Gasteiger charge is -2.32. The Hall–Kier alpha value is -0.810. The standard InChI is InChI=1S/C17H24Cl2N2O2/c1-23-10-4-8-20-17(22)13-5-3-9-21(11-13)12-14-15(18)6-2-7-16(14)19/h2,6-7,13H,3-5,8-12H2,1H3,(H,20,22)/t13-/m0/s1. The lowest BCUT2D eigenvalue weighted by molar-refractivity contribution is -0.126. The van der Waals surface area contributed by atoms with E-state index in [0.717, 1.165) is 37.9 Å². The number of rotatable bonds is 7. The molecule has 1 heterocycles. The van der Waals surface area contributed by atoms with Gasteiger partial charge in [-0.3, -0.25) is 9.69 Å². The molecular formula is C17H24Cl2N2O2. The second-order valence-electron chi connectivity index (χ2n) is 5.91. The zero-order chi connectivity index (χ0) is 16.7. The van der Waals surface area contributed by atoms with Gasteiger partial charge in [0.1, 0.15) is 0 Å². The Morgan fingerprint density at radius 3 is 2.83 bits per heavy atom. The number of amides is 1. The Labute approximate surface area is 148 Å². The molecule has 2 rings (SSSR count). The van der Waals surface area contributed by atoms with Crippen LogP contribution in [0.25, 0.3) is 0 Å². The van der Waals surface area contributed by atoms with Crippen molar-refractivity contribution in [2.75, 3.05) is 33.4 Å². The van der Waals surface area contributed by atoms with E-state index >= 15 is 0 Å². The lowest BCUT2D eigenvalue weighted by Crippen LogP contribution is -2.43. The van der Waals surface area contributed by atoms with Crippen LogP contribution in [0.15, 0.2) is 18.2 Å². The smallest absolute Gasteiger partial charge is 0.224 e. The Morgan fingerprint density at radius 2 is 2.13 bits per heavy atom. The molecule has 1 aromatic rings. The van der Waals surface area contributed by atoms with Crippen LogP contribution >= 0.6 is 23.2 Å². The van der Waals surface area contributed by atoms with E-state index in [2.05, 4.69) is 10.2 Å². The van der Waals surface area contributed by atoms with Crippen LogP contribution in [0.5, 0.6) is 0 Å². The highest BCUT2D eigenvalue weighted by atomic mass is 35.5. The molecule has 0 radical (unpaired) electrons. The van der Waals surface area contributed by atoms with E-state index in [1.165, 1.54) is 0 Å². The van der Waals surface area contributed by atoms with Crippen molar-refractivity contribution in [1.29, 1.82) is 0 Å². The second-order valence-corrected chi connectivity index (χ2v) is 6.73. The van der Waals surface area contributed by atoms with Crippen LogP contribution in [0.4, 0.5) is 0 Å². The van der Waals surface area contributed by atoms with Gasteiger partial charge in [0.15, 0.2) is 0 Å². The van der Waals surface area contributed by atoms with Crippen LogP contribution in [0.1, 0.15) is 24.8 Å². The normalized spacial score (nSPS) is 18.8. The van der Waals surface area contributed by atoms with Crippen LogP contribution < -0.4 is 5.32 Å². The van der Waals surface area contributed by atoms with Crippen molar-refractivity contribution in [3.8, 4) is 0 Å². The molecule has 1 fully saturated rings. The van der Waals surface area contributed by atoms with Gasteiger partial charge in [-0.2, -0.15) is 0 Å². The van der Waals surface area contributed by atoms with E-state index < -0.39 is 0 Å². The van der Waals surface area contributed by atoms with Crippen molar-refractivity contribution < 1.29 is 9.53 Å². The number of nitrogens with one attached hydrogen (secondary N) is 1. The fourth-order valence-corrected chi connectivity index (χ4v) is 3.41. The number of carbonyl (C=O) groups is 1. The predicted octanol–water partition coefficient (Wildman–Crippen LogP) is 3.36. The fraction of sp³-hybridized carbons (Fsp3) is 0.588. The van der Waals surface area contributed by atoms with Crippen molar-refractivity contribution in [3.05, 3.63) is 33.8 Å². The molecule has 23 heavy (non-hydrogen) atoms. The molecule has 1 aliphatic heterocycles. The summed E-state index contributed by atoms with van der Waals surface area (Å²) in [6.07, 6.45) is 2.79. The van der Waals surface area contributed by atoms with Crippen LogP contribution in [-0.2, 0) is 16.1 Å². The summed E-state index contributed by atoms with van der Waals surface area (Å²) < 4.78 is 4.99. The topological polar surface area (TPSA) is 41.6 Å². The van der Waals surface area contributed by atoms with Crippen molar-refractivity contribution >= 4 is 29.1 Å². The van der Waals surface area contributed by atoms with Crippen LogP contribution in [0.2, 0.25) is 10.0 Å². The maximum Gasteiger partial charge on any atom is 0.224 e. The van der Waals surface area contributed by atoms with Gasteiger partial charge in [0.25, 0.3) is 0 Å². The third-order valence-electron chi connectivity index (χ3n) is 4.14. The maximum absolute atomic E-state index is 12.3. The van der Waals surface area contributed by atoms with Gasteiger partial charge in [-0.1, -0.05) is 29.3 Å². The Balaban J connectivity index is 1.87. The molecule has 1 aromatic carbocycles. The zero-order valence-corrected chi connectivity index (χ0v) is 15.0. The number of halogens is 2. The average molecular weight is 359 g/mol. The van der Waals surface area contributed by atoms with E-state index in [0.29, 0.717) is 29.7 Å². The van der Waals surface area contributed by atoms with Crippen molar-refractivity contribution in [2.45, 2.75) is 25.8 Å². The summed E-state index contributed by atoms with van der Waals surface area (Å²) >= 11 is 12.5. The van der Waals surface area contributed by atoms with Crippen molar-refractivity contribution in [1.82, 2.24) is 10.2 Å². The highest BCUT2D eigenvalue weighted by Gasteiger charge is 2.26. The Morgan fingerprint density at radius 1 is 1.39 bits per heavy atom. The van der Waals surface area contributed by atoms with Crippen LogP contribution in [0.3, 0.4) is 0 Å². The number of hydrogen-bond donors (Lipinski definition) is 1. The molecule has 0 saturated carbocycles.